The van der Waals surface area contributed by atoms with Gasteiger partial charge >= 0.3 is 0 Å². The lowest BCUT2D eigenvalue weighted by Gasteiger charge is -2.19. The highest BCUT2D eigenvalue weighted by Crippen LogP contribution is 2.23. The van der Waals surface area contributed by atoms with Crippen molar-refractivity contribution in [1.29, 1.82) is 0 Å². The predicted octanol–water partition coefficient (Wildman–Crippen LogP) is 4.41. The van der Waals surface area contributed by atoms with Crippen LogP contribution in [0.15, 0.2) is 72.9 Å². The van der Waals surface area contributed by atoms with Gasteiger partial charge in [-0.2, -0.15) is 0 Å². The molecule has 120 valence electrons. The number of pyridine rings is 1. The minimum Gasteiger partial charge on any atom is -0.345 e. The molecule has 0 spiro atoms. The van der Waals surface area contributed by atoms with Gasteiger partial charge in [-0.1, -0.05) is 35.9 Å². The molecule has 24 heavy (non-hydrogen) atoms. The molecule has 0 atom stereocenters. The second-order valence-electron chi connectivity index (χ2n) is 5.61. The molecule has 4 heteroatoms. The van der Waals surface area contributed by atoms with Crippen LogP contribution in [0.2, 0.25) is 0 Å². The van der Waals surface area contributed by atoms with Crippen molar-refractivity contribution in [2.75, 3.05) is 17.3 Å². The second kappa shape index (κ2) is 6.96. The Morgan fingerprint density at radius 2 is 1.67 bits per heavy atom. The molecule has 4 nitrogen and oxygen atoms in total. The van der Waals surface area contributed by atoms with E-state index < -0.39 is 0 Å². The number of benzene rings is 2. The van der Waals surface area contributed by atoms with Gasteiger partial charge in [0, 0.05) is 30.3 Å². The normalized spacial score (nSPS) is 10.2. The van der Waals surface area contributed by atoms with E-state index >= 15 is 0 Å². The summed E-state index contributed by atoms with van der Waals surface area (Å²) in [5.41, 5.74) is 4.25. The summed E-state index contributed by atoms with van der Waals surface area (Å²) in [5.74, 6) is -0.220. The number of nitrogens with zero attached hydrogens (tertiary/aromatic N) is 2. The predicted molar refractivity (Wildman–Crippen MR) is 97.9 cm³/mol. The molecule has 1 aromatic heterocycles. The van der Waals surface area contributed by atoms with Crippen LogP contribution in [0.25, 0.3) is 0 Å². The van der Waals surface area contributed by atoms with E-state index in [-0.39, 0.29) is 5.91 Å². The molecule has 0 fully saturated rings. The van der Waals surface area contributed by atoms with Crippen LogP contribution in [0.4, 0.5) is 17.1 Å². The average molecular weight is 317 g/mol. The van der Waals surface area contributed by atoms with Gasteiger partial charge in [0.05, 0.1) is 0 Å². The van der Waals surface area contributed by atoms with E-state index in [2.05, 4.69) is 10.3 Å². The van der Waals surface area contributed by atoms with E-state index in [0.717, 1.165) is 22.6 Å². The molecule has 0 aliphatic rings. The summed E-state index contributed by atoms with van der Waals surface area (Å²) in [5, 5.41) is 2.87. The zero-order chi connectivity index (χ0) is 16.9. The van der Waals surface area contributed by atoms with Crippen LogP contribution >= 0.6 is 0 Å². The smallest absolute Gasteiger partial charge is 0.274 e. The minimum atomic E-state index is -0.220. The Labute approximate surface area is 141 Å². The Kier molecular flexibility index (Phi) is 4.57. The quantitative estimate of drug-likeness (QED) is 0.775. The maximum absolute atomic E-state index is 12.4. The van der Waals surface area contributed by atoms with Crippen LogP contribution in [-0.2, 0) is 0 Å². The lowest BCUT2D eigenvalue weighted by Crippen LogP contribution is -2.15. The molecule has 2 aromatic carbocycles. The first-order chi connectivity index (χ1) is 11.6. The van der Waals surface area contributed by atoms with Crippen molar-refractivity contribution in [1.82, 2.24) is 4.98 Å². The highest BCUT2D eigenvalue weighted by molar-refractivity contribution is 6.03. The molecule has 0 bridgehead atoms. The monoisotopic (exact) mass is 317 g/mol. The van der Waals surface area contributed by atoms with Crippen molar-refractivity contribution >= 4 is 23.0 Å². The highest BCUT2D eigenvalue weighted by Gasteiger charge is 2.11. The fourth-order valence-electron chi connectivity index (χ4n) is 2.38. The maximum atomic E-state index is 12.4. The number of hydrogen-bond donors (Lipinski definition) is 1. The Morgan fingerprint density at radius 3 is 2.38 bits per heavy atom. The molecule has 3 rings (SSSR count). The van der Waals surface area contributed by atoms with Gasteiger partial charge in [-0.05, 0) is 43.3 Å². The number of rotatable bonds is 4. The Morgan fingerprint density at radius 1 is 0.958 bits per heavy atom. The highest BCUT2D eigenvalue weighted by atomic mass is 16.1. The molecule has 0 aliphatic carbocycles. The van der Waals surface area contributed by atoms with Gasteiger partial charge in [-0.25, -0.2) is 0 Å². The fraction of sp³-hybridized carbons (Fsp3) is 0.100. The Hall–Kier alpha value is -3.14. The third kappa shape index (κ3) is 3.60. The molecular weight excluding hydrogens is 298 g/mol. The summed E-state index contributed by atoms with van der Waals surface area (Å²) in [4.78, 5) is 18.6. The molecule has 0 aliphatic heterocycles. The first-order valence-electron chi connectivity index (χ1n) is 7.76. The van der Waals surface area contributed by atoms with Crippen LogP contribution < -0.4 is 10.2 Å². The van der Waals surface area contributed by atoms with Crippen LogP contribution in [-0.4, -0.2) is 17.9 Å². The lowest BCUT2D eigenvalue weighted by atomic mass is 10.2. The standard InChI is InChI=1S/C20H19N3O/c1-15-8-10-16(11-9-15)22-20(24)19-14-18(12-13-21-19)23(2)17-6-4-3-5-7-17/h3-14H,1-2H3,(H,22,24). The van der Waals surface area contributed by atoms with Crippen molar-refractivity contribution < 1.29 is 4.79 Å². The number of carbonyl (C=O) groups excluding carboxylic acids is 1. The lowest BCUT2D eigenvalue weighted by molar-refractivity contribution is 0.102. The van der Waals surface area contributed by atoms with E-state index in [0.29, 0.717) is 5.69 Å². The minimum absolute atomic E-state index is 0.220. The topological polar surface area (TPSA) is 45.2 Å². The van der Waals surface area contributed by atoms with E-state index in [9.17, 15) is 4.79 Å². The van der Waals surface area contributed by atoms with Crippen molar-refractivity contribution in [2.24, 2.45) is 0 Å². The van der Waals surface area contributed by atoms with Gasteiger partial charge in [0.2, 0.25) is 0 Å². The zero-order valence-corrected chi connectivity index (χ0v) is 13.7. The average Bonchev–Trinajstić information content (AvgIpc) is 2.64. The van der Waals surface area contributed by atoms with Gasteiger partial charge in [-0.15, -0.1) is 0 Å². The summed E-state index contributed by atoms with van der Waals surface area (Å²) in [6.45, 7) is 2.01. The number of carbonyl (C=O) groups is 1. The second-order valence-corrected chi connectivity index (χ2v) is 5.61. The molecule has 0 unspecified atom stereocenters. The van der Waals surface area contributed by atoms with Crippen molar-refractivity contribution in [3.63, 3.8) is 0 Å². The van der Waals surface area contributed by atoms with E-state index in [1.165, 1.54) is 0 Å². The van der Waals surface area contributed by atoms with Gasteiger partial charge in [0.1, 0.15) is 5.69 Å². The molecule has 0 saturated heterocycles. The summed E-state index contributed by atoms with van der Waals surface area (Å²) in [6.07, 6.45) is 1.65. The van der Waals surface area contributed by atoms with Gasteiger partial charge < -0.3 is 10.2 Å². The van der Waals surface area contributed by atoms with Crippen LogP contribution in [0.5, 0.6) is 0 Å². The zero-order valence-electron chi connectivity index (χ0n) is 13.7. The van der Waals surface area contributed by atoms with E-state index in [4.69, 9.17) is 0 Å². The third-order valence-corrected chi connectivity index (χ3v) is 3.82. The number of amides is 1. The Bertz CT molecular complexity index is 829. The van der Waals surface area contributed by atoms with Crippen molar-refractivity contribution in [3.8, 4) is 0 Å². The largest absolute Gasteiger partial charge is 0.345 e. The molecule has 1 heterocycles. The van der Waals surface area contributed by atoms with E-state index in [1.54, 1.807) is 12.3 Å². The maximum Gasteiger partial charge on any atom is 0.274 e. The summed E-state index contributed by atoms with van der Waals surface area (Å²) in [6, 6.07) is 21.3. The van der Waals surface area contributed by atoms with Crippen LogP contribution in [0.3, 0.4) is 0 Å². The Balaban J connectivity index is 1.79. The number of aromatic nitrogens is 1. The number of para-hydroxylation sites is 1. The summed E-state index contributed by atoms with van der Waals surface area (Å²) in [7, 11) is 1.96. The SMILES string of the molecule is Cc1ccc(NC(=O)c2cc(N(C)c3ccccc3)ccn2)cc1. The van der Waals surface area contributed by atoms with Crippen molar-refractivity contribution in [3.05, 3.63) is 84.2 Å². The van der Waals surface area contributed by atoms with Gasteiger partial charge in [0.15, 0.2) is 0 Å². The molecule has 3 aromatic rings. The number of hydrogen-bond acceptors (Lipinski definition) is 3. The molecular formula is C20H19N3O. The first kappa shape index (κ1) is 15.7. The third-order valence-electron chi connectivity index (χ3n) is 3.82. The van der Waals surface area contributed by atoms with Crippen LogP contribution in [0, 0.1) is 6.92 Å². The van der Waals surface area contributed by atoms with Crippen molar-refractivity contribution in [2.45, 2.75) is 6.92 Å². The summed E-state index contributed by atoms with van der Waals surface area (Å²) < 4.78 is 0. The van der Waals surface area contributed by atoms with Gasteiger partial charge in [-0.3, -0.25) is 9.78 Å². The van der Waals surface area contributed by atoms with Gasteiger partial charge in [0.25, 0.3) is 5.91 Å². The molecule has 1 N–H and O–H groups in total. The fourth-order valence-corrected chi connectivity index (χ4v) is 2.38. The molecule has 0 radical (unpaired) electrons. The molecule has 1 amide bonds. The summed E-state index contributed by atoms with van der Waals surface area (Å²) >= 11 is 0. The van der Waals surface area contributed by atoms with Crippen LogP contribution in [0.1, 0.15) is 16.1 Å². The number of anilines is 3. The van der Waals surface area contributed by atoms with E-state index in [1.807, 2.05) is 79.5 Å². The molecule has 0 saturated carbocycles. The first-order valence-corrected chi connectivity index (χ1v) is 7.76. The number of nitrogens with one attached hydrogen (secondary N) is 1. The number of aryl methyl sites for hydroxylation is 1.